The van der Waals surface area contributed by atoms with E-state index in [0.717, 1.165) is 31.4 Å². The van der Waals surface area contributed by atoms with Crippen LogP contribution in [0, 0.1) is 6.92 Å². The number of nitrogens with one attached hydrogen (secondary N) is 2. The molecule has 3 amide bonds. The van der Waals surface area contributed by atoms with Gasteiger partial charge in [-0.25, -0.2) is 4.79 Å². The molecule has 114 valence electrons. The van der Waals surface area contributed by atoms with Gasteiger partial charge in [-0.05, 0) is 30.9 Å². The highest BCUT2D eigenvalue weighted by Gasteiger charge is 2.18. The monoisotopic (exact) mass is 306 g/mol. The molecule has 0 aromatic heterocycles. The molecule has 4 nitrogen and oxygen atoms in total. The highest BCUT2D eigenvalue weighted by atomic mass is 32.2. The fourth-order valence-electron chi connectivity index (χ4n) is 2.48. The number of rotatable bonds is 5. The Morgan fingerprint density at radius 2 is 1.95 bits per heavy atom. The van der Waals surface area contributed by atoms with E-state index in [-0.39, 0.29) is 18.0 Å². The normalized spacial score (nSPS) is 14.9. The SMILES string of the molecule is Cc1ccccc1CSCC(=O)NC(=O)NC1CCCC1. The van der Waals surface area contributed by atoms with Crippen molar-refractivity contribution < 1.29 is 9.59 Å². The third-order valence-electron chi connectivity index (χ3n) is 3.70. The number of thioether (sulfide) groups is 1. The van der Waals surface area contributed by atoms with Crippen molar-refractivity contribution in [2.45, 2.75) is 44.4 Å². The first-order valence-electron chi connectivity index (χ1n) is 7.38. The van der Waals surface area contributed by atoms with Gasteiger partial charge in [-0.15, -0.1) is 11.8 Å². The quantitative estimate of drug-likeness (QED) is 0.879. The third-order valence-corrected chi connectivity index (χ3v) is 4.68. The molecule has 21 heavy (non-hydrogen) atoms. The zero-order valence-electron chi connectivity index (χ0n) is 12.4. The molecule has 0 saturated heterocycles. The van der Waals surface area contributed by atoms with Crippen LogP contribution in [0.4, 0.5) is 4.79 Å². The van der Waals surface area contributed by atoms with E-state index in [9.17, 15) is 9.59 Å². The second-order valence-corrected chi connectivity index (χ2v) is 6.41. The van der Waals surface area contributed by atoms with Crippen LogP contribution in [0.5, 0.6) is 0 Å². The van der Waals surface area contributed by atoms with Crippen LogP contribution < -0.4 is 10.6 Å². The molecular formula is C16H22N2O2S. The Balaban J connectivity index is 1.65. The lowest BCUT2D eigenvalue weighted by atomic mass is 10.1. The second-order valence-electron chi connectivity index (χ2n) is 5.42. The first-order valence-corrected chi connectivity index (χ1v) is 8.53. The lowest BCUT2D eigenvalue weighted by molar-refractivity contribution is -0.117. The van der Waals surface area contributed by atoms with Gasteiger partial charge in [0.25, 0.3) is 0 Å². The van der Waals surface area contributed by atoms with E-state index in [2.05, 4.69) is 29.7 Å². The Morgan fingerprint density at radius 1 is 1.24 bits per heavy atom. The molecule has 2 N–H and O–H groups in total. The molecule has 1 aromatic carbocycles. The fraction of sp³-hybridized carbons (Fsp3) is 0.500. The average Bonchev–Trinajstić information content (AvgIpc) is 2.93. The smallest absolute Gasteiger partial charge is 0.321 e. The van der Waals surface area contributed by atoms with Crippen molar-refractivity contribution in [2.24, 2.45) is 0 Å². The van der Waals surface area contributed by atoms with Crippen LogP contribution >= 0.6 is 11.8 Å². The minimum atomic E-state index is -0.358. The van der Waals surface area contributed by atoms with Crippen molar-refractivity contribution in [3.63, 3.8) is 0 Å². The summed E-state index contributed by atoms with van der Waals surface area (Å²) in [7, 11) is 0. The van der Waals surface area contributed by atoms with E-state index < -0.39 is 0 Å². The molecule has 5 heteroatoms. The first kappa shape index (κ1) is 15.9. The number of benzene rings is 1. The predicted octanol–water partition coefficient (Wildman–Crippen LogP) is 3.00. The fourth-order valence-corrected chi connectivity index (χ4v) is 3.38. The number of aryl methyl sites for hydroxylation is 1. The molecule has 0 heterocycles. The van der Waals surface area contributed by atoms with Gasteiger partial charge in [0.15, 0.2) is 0 Å². The summed E-state index contributed by atoms with van der Waals surface area (Å²) in [6.45, 7) is 2.06. The molecule has 0 unspecified atom stereocenters. The summed E-state index contributed by atoms with van der Waals surface area (Å²) in [5, 5.41) is 5.24. The Kier molecular flexibility index (Phi) is 6.11. The molecule has 0 aliphatic heterocycles. The summed E-state index contributed by atoms with van der Waals surface area (Å²) < 4.78 is 0. The van der Waals surface area contributed by atoms with Gasteiger partial charge in [0.1, 0.15) is 0 Å². The molecule has 0 spiro atoms. The van der Waals surface area contributed by atoms with Gasteiger partial charge in [-0.3, -0.25) is 10.1 Å². The van der Waals surface area contributed by atoms with Crippen LogP contribution in [0.25, 0.3) is 0 Å². The first-order chi connectivity index (χ1) is 10.1. The number of hydrogen-bond acceptors (Lipinski definition) is 3. The van der Waals surface area contributed by atoms with Gasteiger partial charge in [0.05, 0.1) is 5.75 Å². The van der Waals surface area contributed by atoms with Crippen LogP contribution in [0.15, 0.2) is 24.3 Å². The Labute approximate surface area is 130 Å². The van der Waals surface area contributed by atoms with Crippen LogP contribution in [-0.4, -0.2) is 23.7 Å². The molecule has 0 atom stereocenters. The molecule has 1 aliphatic rings. The predicted molar refractivity (Wildman–Crippen MR) is 86.3 cm³/mol. The van der Waals surface area contributed by atoms with Crippen molar-refractivity contribution in [3.05, 3.63) is 35.4 Å². The van der Waals surface area contributed by atoms with Crippen LogP contribution in [0.2, 0.25) is 0 Å². The zero-order valence-corrected chi connectivity index (χ0v) is 13.2. The Morgan fingerprint density at radius 3 is 2.67 bits per heavy atom. The van der Waals surface area contributed by atoms with Crippen LogP contribution in [0.1, 0.15) is 36.8 Å². The van der Waals surface area contributed by atoms with Crippen molar-refractivity contribution in [1.82, 2.24) is 10.6 Å². The highest BCUT2D eigenvalue weighted by Crippen LogP contribution is 2.17. The summed E-state index contributed by atoms with van der Waals surface area (Å²) in [5.74, 6) is 0.848. The van der Waals surface area contributed by atoms with Crippen molar-refractivity contribution in [1.29, 1.82) is 0 Å². The third kappa shape index (κ3) is 5.42. The van der Waals surface area contributed by atoms with E-state index in [1.54, 1.807) is 0 Å². The van der Waals surface area contributed by atoms with E-state index in [1.165, 1.54) is 22.9 Å². The van der Waals surface area contributed by atoms with Crippen molar-refractivity contribution in [3.8, 4) is 0 Å². The molecule has 2 rings (SSSR count). The molecule has 1 aromatic rings. The minimum absolute atomic E-state index is 0.232. The lowest BCUT2D eigenvalue weighted by Gasteiger charge is -2.12. The van der Waals surface area contributed by atoms with Crippen LogP contribution in [0.3, 0.4) is 0 Å². The average molecular weight is 306 g/mol. The standard InChI is InChI=1S/C16H22N2O2S/c1-12-6-2-3-7-13(12)10-21-11-15(19)18-16(20)17-14-8-4-5-9-14/h2-3,6-7,14H,4-5,8-11H2,1H3,(H2,17,18,19,20). The van der Waals surface area contributed by atoms with Gasteiger partial charge in [-0.1, -0.05) is 37.1 Å². The van der Waals surface area contributed by atoms with Crippen molar-refractivity contribution in [2.75, 3.05) is 5.75 Å². The highest BCUT2D eigenvalue weighted by molar-refractivity contribution is 7.99. The lowest BCUT2D eigenvalue weighted by Crippen LogP contribution is -2.44. The van der Waals surface area contributed by atoms with Crippen LogP contribution in [-0.2, 0) is 10.5 Å². The molecule has 1 fully saturated rings. The maximum atomic E-state index is 11.7. The number of hydrogen-bond donors (Lipinski definition) is 2. The number of amides is 3. The van der Waals surface area contributed by atoms with E-state index in [0.29, 0.717) is 5.75 Å². The molecule has 0 bridgehead atoms. The van der Waals surface area contributed by atoms with E-state index >= 15 is 0 Å². The molecular weight excluding hydrogens is 284 g/mol. The summed E-state index contributed by atoms with van der Waals surface area (Å²) >= 11 is 1.52. The summed E-state index contributed by atoms with van der Waals surface area (Å²) in [4.78, 5) is 23.4. The number of carbonyl (C=O) groups is 2. The number of carbonyl (C=O) groups excluding carboxylic acids is 2. The van der Waals surface area contributed by atoms with Gasteiger partial charge in [0.2, 0.25) is 5.91 Å². The zero-order chi connectivity index (χ0) is 15.1. The topological polar surface area (TPSA) is 58.2 Å². The van der Waals surface area contributed by atoms with E-state index in [4.69, 9.17) is 0 Å². The summed E-state index contributed by atoms with van der Waals surface area (Å²) in [6.07, 6.45) is 4.35. The summed E-state index contributed by atoms with van der Waals surface area (Å²) in [5.41, 5.74) is 2.45. The Hall–Kier alpha value is -1.49. The van der Waals surface area contributed by atoms with E-state index in [1.807, 2.05) is 12.1 Å². The van der Waals surface area contributed by atoms with Gasteiger partial charge < -0.3 is 5.32 Å². The maximum absolute atomic E-state index is 11.7. The number of urea groups is 1. The Bertz CT molecular complexity index is 499. The van der Waals surface area contributed by atoms with Gasteiger partial charge in [-0.2, -0.15) is 0 Å². The largest absolute Gasteiger partial charge is 0.335 e. The maximum Gasteiger partial charge on any atom is 0.321 e. The molecule has 1 aliphatic carbocycles. The molecule has 0 radical (unpaired) electrons. The minimum Gasteiger partial charge on any atom is -0.335 e. The van der Waals surface area contributed by atoms with Crippen molar-refractivity contribution >= 4 is 23.7 Å². The molecule has 1 saturated carbocycles. The summed E-state index contributed by atoms with van der Waals surface area (Å²) in [6, 6.07) is 8.00. The van der Waals surface area contributed by atoms with Gasteiger partial charge in [0, 0.05) is 11.8 Å². The van der Waals surface area contributed by atoms with Gasteiger partial charge >= 0.3 is 6.03 Å². The second kappa shape index (κ2) is 8.08. The number of imide groups is 1.